The number of ketones is 1. The van der Waals surface area contributed by atoms with E-state index in [1.165, 1.54) is 36.8 Å². The molecule has 0 aromatic rings. The van der Waals surface area contributed by atoms with Gasteiger partial charge in [0.15, 0.2) is 5.78 Å². The van der Waals surface area contributed by atoms with Gasteiger partial charge in [-0.2, -0.15) is 0 Å². The van der Waals surface area contributed by atoms with Crippen LogP contribution in [-0.2, 0) is 9.59 Å². The van der Waals surface area contributed by atoms with Crippen LogP contribution in [0.25, 0.3) is 0 Å². The van der Waals surface area contributed by atoms with Crippen LogP contribution >= 0.6 is 0 Å². The van der Waals surface area contributed by atoms with Gasteiger partial charge in [-0.1, -0.05) is 19.1 Å². The van der Waals surface area contributed by atoms with Crippen molar-refractivity contribution in [3.8, 4) is 0 Å². The van der Waals surface area contributed by atoms with Crippen LogP contribution in [0.3, 0.4) is 0 Å². The Morgan fingerprint density at radius 2 is 2.07 bits per heavy atom. The minimum atomic E-state index is -0.636. The first kappa shape index (κ1) is 17.7. The van der Waals surface area contributed by atoms with Crippen LogP contribution in [0.2, 0.25) is 0 Å². The zero-order valence-corrected chi connectivity index (χ0v) is 16.5. The van der Waals surface area contributed by atoms with E-state index in [4.69, 9.17) is 0 Å². The highest BCUT2D eigenvalue weighted by Gasteiger charge is 2.69. The Morgan fingerprint density at radius 1 is 1.26 bits per heavy atom. The summed E-state index contributed by atoms with van der Waals surface area (Å²) in [6, 6.07) is 0. The molecule has 3 nitrogen and oxygen atoms in total. The van der Waals surface area contributed by atoms with Crippen molar-refractivity contribution in [3.05, 3.63) is 23.8 Å². The molecule has 0 amide bonds. The molecule has 27 heavy (non-hydrogen) atoms. The molecule has 7 unspecified atom stereocenters. The van der Waals surface area contributed by atoms with Crippen molar-refractivity contribution >= 4 is 11.8 Å². The van der Waals surface area contributed by atoms with Gasteiger partial charge in [0.25, 0.3) is 0 Å². The summed E-state index contributed by atoms with van der Waals surface area (Å²) >= 11 is 0. The number of allylic oxidation sites excluding steroid dienone is 2. The van der Waals surface area contributed by atoms with Crippen LogP contribution in [0.4, 0.5) is 0 Å². The Morgan fingerprint density at radius 3 is 2.81 bits per heavy atom. The van der Waals surface area contributed by atoms with E-state index in [9.17, 15) is 14.7 Å². The summed E-state index contributed by atoms with van der Waals surface area (Å²) in [7, 11) is 0. The average molecular weight is 369 g/mol. The Hall–Kier alpha value is -1.38. The molecule has 5 rings (SSSR count). The summed E-state index contributed by atoms with van der Waals surface area (Å²) < 4.78 is 0. The Kier molecular flexibility index (Phi) is 3.97. The fourth-order valence-corrected chi connectivity index (χ4v) is 8.47. The molecule has 0 spiro atoms. The predicted molar refractivity (Wildman–Crippen MR) is 104 cm³/mol. The lowest BCUT2D eigenvalue weighted by atomic mass is 9.48. The third-order valence-electron chi connectivity index (χ3n) is 9.38. The minimum Gasteiger partial charge on any atom is -0.481 e. The van der Waals surface area contributed by atoms with E-state index in [-0.39, 0.29) is 5.78 Å². The zero-order chi connectivity index (χ0) is 18.9. The molecule has 8 atom stereocenters. The number of fused-ring (bicyclic) bond motifs is 7. The number of carboxylic acid groups (broad SMARTS) is 1. The highest BCUT2D eigenvalue weighted by molar-refractivity contribution is 5.92. The molecule has 0 radical (unpaired) electrons. The normalized spacial score (nSPS) is 47.4. The number of carbonyl (C=O) groups is 2. The fourth-order valence-electron chi connectivity index (χ4n) is 8.47. The van der Waals surface area contributed by atoms with Gasteiger partial charge >= 0.3 is 5.97 Å². The van der Waals surface area contributed by atoms with Crippen molar-refractivity contribution in [3.63, 3.8) is 0 Å². The van der Waals surface area contributed by atoms with Crippen LogP contribution in [0.5, 0.6) is 0 Å². The molecule has 0 aromatic carbocycles. The number of aliphatic carboxylic acids is 1. The lowest BCUT2D eigenvalue weighted by molar-refractivity contribution is -0.138. The van der Waals surface area contributed by atoms with Crippen molar-refractivity contribution in [1.29, 1.82) is 0 Å². The van der Waals surface area contributed by atoms with E-state index in [2.05, 4.69) is 13.5 Å². The lowest BCUT2D eigenvalue weighted by Gasteiger charge is -2.57. The number of rotatable bonds is 4. The molecule has 5 aliphatic rings. The van der Waals surface area contributed by atoms with Crippen molar-refractivity contribution in [1.82, 2.24) is 0 Å². The highest BCUT2D eigenvalue weighted by Crippen LogP contribution is 2.76. The minimum absolute atomic E-state index is 0.288. The van der Waals surface area contributed by atoms with Crippen LogP contribution in [0, 0.1) is 46.8 Å². The van der Waals surface area contributed by atoms with Crippen LogP contribution in [-0.4, -0.2) is 16.9 Å². The number of hydrogen-bond donors (Lipinski definition) is 1. The summed E-state index contributed by atoms with van der Waals surface area (Å²) in [6.07, 6.45) is 11.0. The van der Waals surface area contributed by atoms with E-state index in [1.807, 2.05) is 6.08 Å². The molecule has 1 N–H and O–H groups in total. The first-order chi connectivity index (χ1) is 13.0. The van der Waals surface area contributed by atoms with E-state index >= 15 is 0 Å². The number of carboxylic acids is 1. The molecule has 5 aliphatic carbocycles. The van der Waals surface area contributed by atoms with Gasteiger partial charge in [-0.05, 0) is 103 Å². The van der Waals surface area contributed by atoms with E-state index in [1.54, 1.807) is 0 Å². The summed E-state index contributed by atoms with van der Waals surface area (Å²) in [5.41, 5.74) is 2.88. The van der Waals surface area contributed by atoms with Gasteiger partial charge in [-0.25, -0.2) is 0 Å². The number of carbonyl (C=O) groups excluding carboxylic acids is 1. The molecule has 0 aromatic heterocycles. The predicted octanol–water partition coefficient (Wildman–Crippen LogP) is 5.02. The van der Waals surface area contributed by atoms with Crippen molar-refractivity contribution in [2.45, 2.75) is 64.7 Å². The monoisotopic (exact) mass is 368 g/mol. The quantitative estimate of drug-likeness (QED) is 0.758. The van der Waals surface area contributed by atoms with Crippen LogP contribution in [0.15, 0.2) is 23.8 Å². The SMILES string of the molecule is C=C1CC2C(CC[C@]3(CC)C(CCC(=O)O)C4CC4C23)C2CCC(=O)C=C12. The van der Waals surface area contributed by atoms with Gasteiger partial charge < -0.3 is 5.11 Å². The second-order valence-corrected chi connectivity index (χ2v) is 10.1. The lowest BCUT2D eigenvalue weighted by Crippen LogP contribution is -2.49. The zero-order valence-electron chi connectivity index (χ0n) is 16.5. The molecule has 146 valence electrons. The summed E-state index contributed by atoms with van der Waals surface area (Å²) in [5.74, 6) is 4.64. The van der Waals surface area contributed by atoms with Crippen molar-refractivity contribution in [2.24, 2.45) is 46.8 Å². The van der Waals surface area contributed by atoms with Crippen LogP contribution in [0.1, 0.15) is 64.7 Å². The topological polar surface area (TPSA) is 54.4 Å². The van der Waals surface area contributed by atoms with Gasteiger partial charge in [0.1, 0.15) is 0 Å². The molecule has 4 saturated carbocycles. The summed E-state index contributed by atoms with van der Waals surface area (Å²) in [6.45, 7) is 6.76. The van der Waals surface area contributed by atoms with Crippen LogP contribution < -0.4 is 0 Å². The fraction of sp³-hybridized carbons (Fsp3) is 0.750. The first-order valence-electron chi connectivity index (χ1n) is 11.1. The molecule has 0 bridgehead atoms. The second kappa shape index (κ2) is 6.06. The third kappa shape index (κ3) is 2.46. The van der Waals surface area contributed by atoms with Crippen molar-refractivity contribution in [2.75, 3.05) is 0 Å². The van der Waals surface area contributed by atoms with E-state index < -0.39 is 5.97 Å². The molecule has 3 heteroatoms. The van der Waals surface area contributed by atoms with Gasteiger partial charge in [0.2, 0.25) is 0 Å². The molecule has 0 heterocycles. The van der Waals surface area contributed by atoms with Crippen molar-refractivity contribution < 1.29 is 14.7 Å². The summed E-state index contributed by atoms with van der Waals surface area (Å²) in [5, 5.41) is 9.25. The highest BCUT2D eigenvalue weighted by atomic mass is 16.4. The maximum atomic E-state index is 12.0. The van der Waals surface area contributed by atoms with Gasteiger partial charge in [0, 0.05) is 12.8 Å². The number of hydrogen-bond acceptors (Lipinski definition) is 2. The smallest absolute Gasteiger partial charge is 0.303 e. The molecular formula is C24H32O3. The van der Waals surface area contributed by atoms with Gasteiger partial charge in [-0.15, -0.1) is 0 Å². The Bertz CT molecular complexity index is 734. The molecule has 4 fully saturated rings. The Balaban J connectivity index is 1.47. The maximum Gasteiger partial charge on any atom is 0.303 e. The molecule has 0 saturated heterocycles. The molecule has 0 aliphatic heterocycles. The second-order valence-electron chi connectivity index (χ2n) is 10.1. The van der Waals surface area contributed by atoms with Gasteiger partial charge in [0.05, 0.1) is 0 Å². The van der Waals surface area contributed by atoms with E-state index in [0.717, 1.165) is 42.9 Å². The summed E-state index contributed by atoms with van der Waals surface area (Å²) in [4.78, 5) is 23.2. The van der Waals surface area contributed by atoms with Gasteiger partial charge in [-0.3, -0.25) is 9.59 Å². The standard InChI is InChI=1S/C24H32O3/c1-3-24-9-8-16-15-5-4-14(25)11-17(15)13(2)10-19(16)23(24)20-12-18(20)21(24)6-7-22(26)27/h11,15-16,18-21,23H,2-10,12H2,1H3,(H,26,27)/t15?,16?,18?,19?,20?,21?,23?,24-/m1/s1. The van der Waals surface area contributed by atoms with E-state index in [0.29, 0.717) is 36.0 Å². The maximum absolute atomic E-state index is 12.0. The third-order valence-corrected chi connectivity index (χ3v) is 9.38. The molecular weight excluding hydrogens is 336 g/mol. The Labute approximate surface area is 162 Å². The largest absolute Gasteiger partial charge is 0.481 e. The average Bonchev–Trinajstić information content (AvgIpc) is 3.36. The first-order valence-corrected chi connectivity index (χ1v) is 11.1.